The zero-order valence-electron chi connectivity index (χ0n) is 16.7. The highest BCUT2D eigenvalue weighted by atomic mass is 16.6. The maximum atomic E-state index is 12.2. The van der Waals surface area contributed by atoms with Crippen molar-refractivity contribution in [1.29, 1.82) is 0 Å². The first-order chi connectivity index (χ1) is 15.2. The van der Waals surface area contributed by atoms with Gasteiger partial charge >= 0.3 is 6.09 Å². The molecule has 31 heavy (non-hydrogen) atoms. The normalized spacial score (nSPS) is 13.5. The summed E-state index contributed by atoms with van der Waals surface area (Å²) in [6, 6.07) is 19.1. The van der Waals surface area contributed by atoms with Gasteiger partial charge in [-0.15, -0.1) is 0 Å². The van der Waals surface area contributed by atoms with E-state index < -0.39 is 6.09 Å². The van der Waals surface area contributed by atoms with Gasteiger partial charge in [-0.3, -0.25) is 4.90 Å². The monoisotopic (exact) mass is 419 g/mol. The van der Waals surface area contributed by atoms with Crippen LogP contribution in [0.3, 0.4) is 0 Å². The highest BCUT2D eigenvalue weighted by Crippen LogP contribution is 2.23. The fraction of sp³-hybridized carbons (Fsp3) is 0.217. The molecule has 1 amide bonds. The van der Waals surface area contributed by atoms with Crippen molar-refractivity contribution in [2.24, 2.45) is 0 Å². The van der Waals surface area contributed by atoms with Gasteiger partial charge < -0.3 is 19.3 Å². The molecular weight excluding hydrogens is 398 g/mol. The van der Waals surface area contributed by atoms with Gasteiger partial charge in [-0.25, -0.2) is 9.59 Å². The molecule has 158 valence electrons. The summed E-state index contributed by atoms with van der Waals surface area (Å²) < 4.78 is 16.3. The molecule has 8 nitrogen and oxygen atoms in total. The van der Waals surface area contributed by atoms with Gasteiger partial charge in [0.25, 0.3) is 0 Å². The van der Waals surface area contributed by atoms with Crippen LogP contribution in [-0.2, 0) is 22.7 Å². The summed E-state index contributed by atoms with van der Waals surface area (Å²) in [5.74, 6) is 2.92. The molecule has 4 rings (SSSR count). The van der Waals surface area contributed by atoms with Crippen molar-refractivity contribution >= 4 is 12.0 Å². The number of carbonyl (C=O) groups excluding carboxylic acids is 2. The van der Waals surface area contributed by atoms with Crippen molar-refractivity contribution in [2.45, 2.75) is 13.2 Å². The summed E-state index contributed by atoms with van der Waals surface area (Å²) in [6.45, 7) is 1.63. The van der Waals surface area contributed by atoms with E-state index >= 15 is 0 Å². The van der Waals surface area contributed by atoms with E-state index in [0.29, 0.717) is 31.2 Å². The molecule has 1 aliphatic heterocycles. The largest absolute Gasteiger partial charge is 0.489 e. The summed E-state index contributed by atoms with van der Waals surface area (Å²) >= 11 is 0. The molecule has 0 saturated carbocycles. The Morgan fingerprint density at radius 2 is 1.94 bits per heavy atom. The van der Waals surface area contributed by atoms with E-state index in [-0.39, 0.29) is 18.8 Å². The number of hydrogen-bond acceptors (Lipinski definition) is 7. The smallest absolute Gasteiger partial charge is 0.415 e. The molecule has 1 aromatic heterocycles. The second kappa shape index (κ2) is 9.75. The lowest BCUT2D eigenvalue weighted by Crippen LogP contribution is -2.45. The van der Waals surface area contributed by atoms with Crippen molar-refractivity contribution in [3.63, 3.8) is 0 Å². The maximum Gasteiger partial charge on any atom is 0.415 e. The van der Waals surface area contributed by atoms with Crippen molar-refractivity contribution in [3.8, 4) is 17.0 Å². The van der Waals surface area contributed by atoms with E-state index in [1.165, 1.54) is 4.90 Å². The highest BCUT2D eigenvalue weighted by Gasteiger charge is 2.24. The molecule has 0 atom stereocenters. The van der Waals surface area contributed by atoms with E-state index in [1.807, 2.05) is 54.6 Å². The van der Waals surface area contributed by atoms with Crippen molar-refractivity contribution < 1.29 is 23.6 Å². The van der Waals surface area contributed by atoms with Crippen LogP contribution in [0, 0.1) is 0 Å². The third-order valence-electron chi connectivity index (χ3n) is 4.76. The first kappa shape index (κ1) is 20.4. The molecule has 3 aromatic rings. The number of carbonyl (C=O) groups is 1. The Bertz CT molecular complexity index is 1070. The molecule has 0 radical (unpaired) electrons. The first-order valence-electron chi connectivity index (χ1n) is 9.84. The van der Waals surface area contributed by atoms with Crippen molar-refractivity contribution in [1.82, 2.24) is 15.4 Å². The molecule has 2 heterocycles. The number of nitrogens with zero attached hydrogens (tertiary/aromatic N) is 2. The predicted octanol–water partition coefficient (Wildman–Crippen LogP) is 3.18. The first-order valence-corrected chi connectivity index (χ1v) is 9.84. The minimum Gasteiger partial charge on any atom is -0.489 e. The molecule has 1 aliphatic rings. The number of amides is 1. The average Bonchev–Trinajstić information content (AvgIpc) is 3.31. The molecule has 8 heteroatoms. The fourth-order valence-electron chi connectivity index (χ4n) is 3.11. The van der Waals surface area contributed by atoms with Gasteiger partial charge in [0.1, 0.15) is 29.7 Å². The zero-order chi connectivity index (χ0) is 21.5. The van der Waals surface area contributed by atoms with Crippen LogP contribution in [-0.4, -0.2) is 41.7 Å². The van der Waals surface area contributed by atoms with Gasteiger partial charge in [-0.05, 0) is 29.8 Å². The molecule has 0 bridgehead atoms. The van der Waals surface area contributed by atoms with Gasteiger partial charge in [0.05, 0.1) is 0 Å². The van der Waals surface area contributed by atoms with E-state index in [0.717, 1.165) is 16.9 Å². The number of rotatable bonds is 6. The number of ether oxygens (including phenoxy) is 2. The number of aromatic nitrogens is 1. The Balaban J connectivity index is 1.32. The summed E-state index contributed by atoms with van der Waals surface area (Å²) in [7, 11) is 0. The minimum absolute atomic E-state index is 0.0832. The van der Waals surface area contributed by atoms with E-state index in [9.17, 15) is 9.59 Å². The van der Waals surface area contributed by atoms with E-state index in [2.05, 4.69) is 10.5 Å². The average molecular weight is 419 g/mol. The summed E-state index contributed by atoms with van der Waals surface area (Å²) in [5, 5.41) is 7.03. The summed E-state index contributed by atoms with van der Waals surface area (Å²) in [4.78, 5) is 24.4. The molecule has 1 saturated heterocycles. The molecule has 0 spiro atoms. The Morgan fingerprint density at radius 3 is 2.71 bits per heavy atom. The molecule has 1 fully saturated rings. The summed E-state index contributed by atoms with van der Waals surface area (Å²) in [6.07, 6.45) is -0.613. The fourth-order valence-corrected chi connectivity index (χ4v) is 3.11. The Kier molecular flexibility index (Phi) is 6.42. The van der Waals surface area contributed by atoms with Gasteiger partial charge in [0, 0.05) is 31.3 Å². The van der Waals surface area contributed by atoms with Crippen molar-refractivity contribution in [2.75, 3.05) is 19.6 Å². The van der Waals surface area contributed by atoms with Crippen LogP contribution in [0.2, 0.25) is 0 Å². The number of hydrogen-bond donors (Lipinski definition) is 1. The molecule has 1 N–H and O–H groups in total. The topological polar surface area (TPSA) is 93.9 Å². The standard InChI is InChI=1S/C23H21N3O5/c27-14-19-13-24-10-11-26(19)23(28)30-16-21-12-22(25-31-21)18-6-8-20(9-7-18)29-15-17-4-2-1-3-5-17/h1-9,12,24H,10-11,13,15-16H2. The molecular formula is C23H21N3O5. The second-order valence-electron chi connectivity index (χ2n) is 6.91. The highest BCUT2D eigenvalue weighted by molar-refractivity contribution is 5.74. The predicted molar refractivity (Wildman–Crippen MR) is 112 cm³/mol. The Morgan fingerprint density at radius 1 is 1.13 bits per heavy atom. The van der Waals surface area contributed by atoms with Crippen LogP contribution in [0.5, 0.6) is 5.75 Å². The van der Waals surface area contributed by atoms with Crippen LogP contribution in [0.25, 0.3) is 11.3 Å². The lowest BCUT2D eigenvalue weighted by molar-refractivity contribution is 0.0947. The van der Waals surface area contributed by atoms with Crippen LogP contribution in [0.4, 0.5) is 4.79 Å². The lowest BCUT2D eigenvalue weighted by atomic mass is 10.1. The third-order valence-corrected chi connectivity index (χ3v) is 4.76. The minimum atomic E-state index is -0.613. The van der Waals surface area contributed by atoms with Crippen LogP contribution in [0.15, 0.2) is 70.9 Å². The SMILES string of the molecule is O=C=C1CNCCN1C(=O)OCc1cc(-c2ccc(OCc3ccccc3)cc2)no1. The third kappa shape index (κ3) is 5.19. The maximum absolute atomic E-state index is 12.2. The van der Waals surface area contributed by atoms with E-state index in [4.69, 9.17) is 14.0 Å². The number of nitrogens with one attached hydrogen (secondary N) is 1. The Labute approximate surface area is 179 Å². The van der Waals surface area contributed by atoms with Gasteiger partial charge in [0.15, 0.2) is 12.4 Å². The lowest BCUT2D eigenvalue weighted by Gasteiger charge is -2.26. The second-order valence-corrected chi connectivity index (χ2v) is 6.91. The summed E-state index contributed by atoms with van der Waals surface area (Å²) in [5.41, 5.74) is 2.79. The molecule has 2 aromatic carbocycles. The Hall–Kier alpha value is -3.87. The molecule has 0 aliphatic carbocycles. The number of benzene rings is 2. The van der Waals surface area contributed by atoms with E-state index in [1.54, 1.807) is 12.0 Å². The van der Waals surface area contributed by atoms with Crippen LogP contribution >= 0.6 is 0 Å². The quantitative estimate of drug-likeness (QED) is 0.613. The van der Waals surface area contributed by atoms with Gasteiger partial charge in [-0.1, -0.05) is 35.5 Å². The molecule has 0 unspecified atom stereocenters. The van der Waals surface area contributed by atoms with Crippen LogP contribution in [0.1, 0.15) is 11.3 Å². The zero-order valence-corrected chi connectivity index (χ0v) is 16.7. The number of piperazine rings is 1. The van der Waals surface area contributed by atoms with Gasteiger partial charge in [-0.2, -0.15) is 0 Å². The van der Waals surface area contributed by atoms with Crippen molar-refractivity contribution in [3.05, 3.63) is 77.7 Å². The van der Waals surface area contributed by atoms with Crippen LogP contribution < -0.4 is 10.1 Å². The van der Waals surface area contributed by atoms with Gasteiger partial charge in [0.2, 0.25) is 0 Å².